The third-order valence-corrected chi connectivity index (χ3v) is 3.83. The van der Waals surface area contributed by atoms with E-state index in [-0.39, 0.29) is 19.4 Å². The van der Waals surface area contributed by atoms with Gasteiger partial charge in [0.15, 0.2) is 11.8 Å². The number of benzene rings is 1. The molecule has 0 radical (unpaired) electrons. The Morgan fingerprint density at radius 3 is 2.57 bits per heavy atom. The predicted octanol–water partition coefficient (Wildman–Crippen LogP) is 0.866. The quantitative estimate of drug-likeness (QED) is 0.568. The van der Waals surface area contributed by atoms with E-state index in [1.165, 1.54) is 19.3 Å². The molecule has 0 amide bonds. The first-order chi connectivity index (χ1) is 11.1. The van der Waals surface area contributed by atoms with Gasteiger partial charge in [-0.2, -0.15) is 5.06 Å². The highest BCUT2D eigenvalue weighted by molar-refractivity contribution is 5.87. The van der Waals surface area contributed by atoms with Crippen molar-refractivity contribution in [2.45, 2.75) is 31.0 Å². The van der Waals surface area contributed by atoms with E-state index >= 15 is 0 Å². The van der Waals surface area contributed by atoms with Crippen molar-refractivity contribution in [2.24, 2.45) is 0 Å². The molecule has 124 valence electrons. The topological polar surface area (TPSA) is 82.1 Å². The Kier molecular flexibility index (Phi) is 5.46. The molecule has 23 heavy (non-hydrogen) atoms. The number of ether oxygens (including phenoxy) is 2. The molecule has 2 rings (SSSR count). The maximum atomic E-state index is 12.4. The number of hydrogen-bond donors (Lipinski definition) is 0. The lowest BCUT2D eigenvalue weighted by molar-refractivity contribution is -0.208. The third kappa shape index (κ3) is 3.57. The number of carbonyl (C=O) groups is 3. The predicted molar refractivity (Wildman–Crippen MR) is 78.9 cm³/mol. The summed E-state index contributed by atoms with van der Waals surface area (Å²) in [6.07, 6.45) is -0.430. The summed E-state index contributed by atoms with van der Waals surface area (Å²) in [7, 11) is 2.47. The molecule has 1 aliphatic heterocycles. The maximum Gasteiger partial charge on any atom is 0.329 e. The van der Waals surface area contributed by atoms with Crippen LogP contribution in [0.2, 0.25) is 0 Å². The smallest absolute Gasteiger partial charge is 0.329 e. The summed E-state index contributed by atoms with van der Waals surface area (Å²) in [5, 5.41) is 1.35. The molecule has 1 aliphatic rings. The number of nitrogens with zero attached hydrogens (tertiary/aromatic N) is 1. The Bertz CT molecular complexity index is 575. The fraction of sp³-hybridized carbons (Fsp3) is 0.438. The van der Waals surface area contributed by atoms with E-state index < -0.39 is 23.6 Å². The summed E-state index contributed by atoms with van der Waals surface area (Å²) in [6, 6.07) is 9.28. The van der Waals surface area contributed by atoms with Crippen LogP contribution in [0.5, 0.6) is 0 Å². The van der Waals surface area contributed by atoms with E-state index in [0.29, 0.717) is 6.29 Å². The summed E-state index contributed by atoms with van der Waals surface area (Å²) in [5.41, 5.74) is -0.513. The van der Waals surface area contributed by atoms with Crippen LogP contribution in [0.15, 0.2) is 30.3 Å². The third-order valence-electron chi connectivity index (χ3n) is 3.83. The lowest BCUT2D eigenvalue weighted by Gasteiger charge is -2.32. The first kappa shape index (κ1) is 17.1. The number of rotatable bonds is 6. The van der Waals surface area contributed by atoms with Gasteiger partial charge in [-0.1, -0.05) is 30.3 Å². The summed E-state index contributed by atoms with van der Waals surface area (Å²) in [6.45, 7) is 0.233. The number of methoxy groups -OCH3 is 2. The Morgan fingerprint density at radius 1 is 1.30 bits per heavy atom. The Morgan fingerprint density at radius 2 is 2.00 bits per heavy atom. The Balaban J connectivity index is 2.35. The molecule has 7 heteroatoms. The van der Waals surface area contributed by atoms with Crippen molar-refractivity contribution in [2.75, 3.05) is 14.2 Å². The van der Waals surface area contributed by atoms with Crippen molar-refractivity contribution in [1.29, 1.82) is 0 Å². The largest absolute Gasteiger partial charge is 0.469 e. The van der Waals surface area contributed by atoms with Crippen LogP contribution in [0.4, 0.5) is 0 Å². The van der Waals surface area contributed by atoms with Gasteiger partial charge < -0.3 is 14.3 Å². The van der Waals surface area contributed by atoms with Gasteiger partial charge >= 0.3 is 11.9 Å². The van der Waals surface area contributed by atoms with Gasteiger partial charge in [0.1, 0.15) is 6.10 Å². The van der Waals surface area contributed by atoms with Crippen molar-refractivity contribution in [3.8, 4) is 0 Å². The standard InChI is InChI=1S/C16H19NO6/c1-21-14(19)9-16(15(20)22-2)8-13(11-18)23-17(16)10-12-6-4-3-5-7-12/h3-7,11,13H,8-10H2,1-2H3/t13-,16+/m0/s1. The normalized spacial score (nSPS) is 24.2. The molecular weight excluding hydrogens is 302 g/mol. The molecule has 0 saturated carbocycles. The van der Waals surface area contributed by atoms with Crippen molar-refractivity contribution < 1.29 is 28.7 Å². The van der Waals surface area contributed by atoms with E-state index in [2.05, 4.69) is 4.74 Å². The van der Waals surface area contributed by atoms with Crippen LogP contribution in [0, 0.1) is 0 Å². The first-order valence-corrected chi connectivity index (χ1v) is 7.14. The van der Waals surface area contributed by atoms with Crippen LogP contribution in [0.3, 0.4) is 0 Å². The van der Waals surface area contributed by atoms with Crippen molar-refractivity contribution >= 4 is 18.2 Å². The van der Waals surface area contributed by atoms with Crippen LogP contribution in [0.25, 0.3) is 0 Å². The second kappa shape index (κ2) is 7.34. The SMILES string of the molecule is COC(=O)C[C@@]1(C(=O)OC)C[C@@H](C=O)ON1Cc1ccccc1. The number of carbonyl (C=O) groups excluding carboxylic acids is 3. The molecule has 7 nitrogen and oxygen atoms in total. The number of hydroxylamine groups is 2. The Hall–Kier alpha value is -2.25. The van der Waals surface area contributed by atoms with Crippen LogP contribution in [-0.2, 0) is 35.2 Å². The molecule has 1 aromatic rings. The van der Waals surface area contributed by atoms with Gasteiger partial charge in [-0.25, -0.2) is 4.79 Å². The molecule has 1 heterocycles. The lowest BCUT2D eigenvalue weighted by Crippen LogP contribution is -2.51. The first-order valence-electron chi connectivity index (χ1n) is 7.14. The number of esters is 2. The highest BCUT2D eigenvalue weighted by Gasteiger charge is 2.55. The Labute approximate surface area is 134 Å². The highest BCUT2D eigenvalue weighted by atomic mass is 16.7. The van der Waals surface area contributed by atoms with Crippen LogP contribution >= 0.6 is 0 Å². The molecule has 0 aromatic heterocycles. The minimum absolute atomic E-state index is 0.0328. The van der Waals surface area contributed by atoms with Crippen molar-refractivity contribution in [1.82, 2.24) is 5.06 Å². The summed E-state index contributed by atoms with van der Waals surface area (Å²) < 4.78 is 9.54. The molecule has 2 atom stereocenters. The number of hydrogen-bond acceptors (Lipinski definition) is 7. The molecule has 0 spiro atoms. The van der Waals surface area contributed by atoms with Gasteiger partial charge in [0.05, 0.1) is 27.2 Å². The van der Waals surface area contributed by atoms with Crippen molar-refractivity contribution in [3.63, 3.8) is 0 Å². The molecule has 1 aromatic carbocycles. The van der Waals surface area contributed by atoms with Gasteiger partial charge in [0.2, 0.25) is 0 Å². The zero-order chi connectivity index (χ0) is 16.9. The van der Waals surface area contributed by atoms with E-state index in [9.17, 15) is 14.4 Å². The minimum Gasteiger partial charge on any atom is -0.469 e. The zero-order valence-electron chi connectivity index (χ0n) is 13.1. The second-order valence-electron chi connectivity index (χ2n) is 5.28. The van der Waals surface area contributed by atoms with Crippen molar-refractivity contribution in [3.05, 3.63) is 35.9 Å². The molecule has 0 bridgehead atoms. The lowest BCUT2D eigenvalue weighted by atomic mass is 9.89. The fourth-order valence-corrected chi connectivity index (χ4v) is 2.67. The van der Waals surface area contributed by atoms with E-state index in [1.54, 1.807) is 0 Å². The van der Waals surface area contributed by atoms with Crippen LogP contribution < -0.4 is 0 Å². The molecule has 0 N–H and O–H groups in total. The van der Waals surface area contributed by atoms with Gasteiger partial charge in [0.25, 0.3) is 0 Å². The van der Waals surface area contributed by atoms with E-state index in [0.717, 1.165) is 5.56 Å². The molecule has 1 fully saturated rings. The van der Waals surface area contributed by atoms with Gasteiger partial charge in [0, 0.05) is 6.42 Å². The second-order valence-corrected chi connectivity index (χ2v) is 5.28. The minimum atomic E-state index is -1.39. The molecule has 1 saturated heterocycles. The molecular formula is C16H19NO6. The highest BCUT2D eigenvalue weighted by Crippen LogP contribution is 2.37. The summed E-state index contributed by atoms with van der Waals surface area (Å²) >= 11 is 0. The molecule has 0 aliphatic carbocycles. The summed E-state index contributed by atoms with van der Waals surface area (Å²) in [4.78, 5) is 40.9. The van der Waals surface area contributed by atoms with E-state index in [1.807, 2.05) is 30.3 Å². The van der Waals surface area contributed by atoms with Gasteiger partial charge in [-0.15, -0.1) is 0 Å². The average Bonchev–Trinajstić information content (AvgIpc) is 2.93. The number of aldehydes is 1. The maximum absolute atomic E-state index is 12.4. The van der Waals surface area contributed by atoms with E-state index in [4.69, 9.17) is 9.57 Å². The van der Waals surface area contributed by atoms with Gasteiger partial charge in [-0.3, -0.25) is 9.63 Å². The monoisotopic (exact) mass is 321 g/mol. The van der Waals surface area contributed by atoms with Crippen LogP contribution in [0.1, 0.15) is 18.4 Å². The molecule has 0 unspecified atom stereocenters. The van der Waals surface area contributed by atoms with Crippen LogP contribution in [-0.4, -0.2) is 49.2 Å². The average molecular weight is 321 g/mol. The van der Waals surface area contributed by atoms with Gasteiger partial charge in [-0.05, 0) is 5.56 Å². The summed E-state index contributed by atoms with van der Waals surface area (Å²) in [5.74, 6) is -1.22. The zero-order valence-corrected chi connectivity index (χ0v) is 13.1. The fourth-order valence-electron chi connectivity index (χ4n) is 2.67.